The number of amides is 2. The number of hydrogen-bond donors (Lipinski definition) is 1. The predicted octanol–water partition coefficient (Wildman–Crippen LogP) is 2.43. The zero-order chi connectivity index (χ0) is 15.7. The SMILES string of the molecule is CC(C)CC1NC(=O)C(C(C)(C)C)N(CC(C)C)C1=O. The van der Waals surface area contributed by atoms with E-state index in [1.165, 1.54) is 0 Å². The van der Waals surface area contributed by atoms with Gasteiger partial charge in [0.05, 0.1) is 0 Å². The Morgan fingerprint density at radius 3 is 2.05 bits per heavy atom. The second-order valence-electron chi connectivity index (χ2n) is 7.84. The van der Waals surface area contributed by atoms with Crippen LogP contribution in [0, 0.1) is 17.3 Å². The third-order valence-electron chi connectivity index (χ3n) is 3.55. The quantitative estimate of drug-likeness (QED) is 0.861. The second kappa shape index (κ2) is 6.15. The highest BCUT2D eigenvalue weighted by molar-refractivity contribution is 5.97. The fraction of sp³-hybridized carbons (Fsp3) is 0.875. The van der Waals surface area contributed by atoms with Crippen molar-refractivity contribution < 1.29 is 9.59 Å². The van der Waals surface area contributed by atoms with Gasteiger partial charge in [-0.05, 0) is 23.7 Å². The first-order valence-corrected chi connectivity index (χ1v) is 7.65. The first-order valence-electron chi connectivity index (χ1n) is 7.65. The Morgan fingerprint density at radius 2 is 1.65 bits per heavy atom. The van der Waals surface area contributed by atoms with Crippen LogP contribution < -0.4 is 5.32 Å². The van der Waals surface area contributed by atoms with Gasteiger partial charge in [0.25, 0.3) is 0 Å². The van der Waals surface area contributed by atoms with Crippen LogP contribution in [0.15, 0.2) is 0 Å². The van der Waals surface area contributed by atoms with Crippen LogP contribution in [-0.2, 0) is 9.59 Å². The third kappa shape index (κ3) is 3.97. The number of nitrogens with one attached hydrogen (secondary N) is 1. The Balaban J connectivity index is 3.04. The van der Waals surface area contributed by atoms with Crippen molar-refractivity contribution in [1.29, 1.82) is 0 Å². The van der Waals surface area contributed by atoms with E-state index in [4.69, 9.17) is 0 Å². The summed E-state index contributed by atoms with van der Waals surface area (Å²) in [5.41, 5.74) is -0.253. The summed E-state index contributed by atoms with van der Waals surface area (Å²) < 4.78 is 0. The summed E-state index contributed by atoms with van der Waals surface area (Å²) in [4.78, 5) is 27.0. The summed E-state index contributed by atoms with van der Waals surface area (Å²) in [7, 11) is 0. The molecule has 1 aliphatic rings. The molecule has 0 spiro atoms. The van der Waals surface area contributed by atoms with Gasteiger partial charge in [0.1, 0.15) is 12.1 Å². The van der Waals surface area contributed by atoms with Crippen molar-refractivity contribution in [3.63, 3.8) is 0 Å². The molecule has 1 heterocycles. The standard InChI is InChI=1S/C16H30N2O2/c1-10(2)8-12-15(20)18(9-11(3)4)13(14(19)17-12)16(5,6)7/h10-13H,8-9H2,1-7H3,(H,17,19). The molecule has 0 aliphatic carbocycles. The Hall–Kier alpha value is -1.06. The smallest absolute Gasteiger partial charge is 0.245 e. The topological polar surface area (TPSA) is 49.4 Å². The molecular weight excluding hydrogens is 252 g/mol. The maximum absolute atomic E-state index is 12.7. The number of carbonyl (C=O) groups is 2. The van der Waals surface area contributed by atoms with Crippen LogP contribution in [0.25, 0.3) is 0 Å². The third-order valence-corrected chi connectivity index (χ3v) is 3.55. The molecule has 0 aromatic heterocycles. The number of carbonyl (C=O) groups excluding carboxylic acids is 2. The lowest BCUT2D eigenvalue weighted by atomic mass is 9.82. The van der Waals surface area contributed by atoms with Crippen molar-refractivity contribution >= 4 is 11.8 Å². The van der Waals surface area contributed by atoms with E-state index < -0.39 is 0 Å². The molecule has 0 bridgehead atoms. The van der Waals surface area contributed by atoms with E-state index in [0.29, 0.717) is 24.8 Å². The Kier molecular flexibility index (Phi) is 5.22. The first-order chi connectivity index (χ1) is 9.04. The lowest BCUT2D eigenvalue weighted by molar-refractivity contribution is -0.154. The Labute approximate surface area is 123 Å². The average molecular weight is 282 g/mol. The van der Waals surface area contributed by atoms with Gasteiger partial charge in [-0.1, -0.05) is 48.5 Å². The summed E-state index contributed by atoms with van der Waals surface area (Å²) in [6, 6.07) is -0.735. The maximum atomic E-state index is 12.7. The van der Waals surface area contributed by atoms with E-state index in [0.717, 1.165) is 0 Å². The van der Waals surface area contributed by atoms with Crippen LogP contribution in [0.4, 0.5) is 0 Å². The molecule has 1 rings (SSSR count). The van der Waals surface area contributed by atoms with Gasteiger partial charge in [-0.3, -0.25) is 9.59 Å². The van der Waals surface area contributed by atoms with Crippen molar-refractivity contribution in [3.8, 4) is 0 Å². The summed E-state index contributed by atoms with van der Waals surface area (Å²) >= 11 is 0. The minimum atomic E-state index is -0.374. The zero-order valence-corrected chi connectivity index (χ0v) is 14.0. The van der Waals surface area contributed by atoms with E-state index >= 15 is 0 Å². The first kappa shape index (κ1) is 17.0. The minimum absolute atomic E-state index is 0.0107. The van der Waals surface area contributed by atoms with Crippen LogP contribution in [0.5, 0.6) is 0 Å². The monoisotopic (exact) mass is 282 g/mol. The van der Waals surface area contributed by atoms with Crippen LogP contribution >= 0.6 is 0 Å². The van der Waals surface area contributed by atoms with Gasteiger partial charge >= 0.3 is 0 Å². The van der Waals surface area contributed by atoms with Crippen molar-refractivity contribution in [3.05, 3.63) is 0 Å². The molecule has 0 saturated carbocycles. The second-order valence-corrected chi connectivity index (χ2v) is 7.84. The highest BCUT2D eigenvalue weighted by Gasteiger charge is 2.45. The average Bonchev–Trinajstić information content (AvgIpc) is 2.21. The number of nitrogens with zero attached hydrogens (tertiary/aromatic N) is 1. The molecule has 20 heavy (non-hydrogen) atoms. The molecular formula is C16H30N2O2. The largest absolute Gasteiger partial charge is 0.342 e. The van der Waals surface area contributed by atoms with Gasteiger partial charge in [0.15, 0.2) is 0 Å². The van der Waals surface area contributed by atoms with Crippen LogP contribution in [0.3, 0.4) is 0 Å². The highest BCUT2D eigenvalue weighted by atomic mass is 16.2. The van der Waals surface area contributed by atoms with E-state index in [1.54, 1.807) is 4.90 Å². The molecule has 2 amide bonds. The molecule has 4 heteroatoms. The van der Waals surface area contributed by atoms with E-state index in [2.05, 4.69) is 33.0 Å². The Morgan fingerprint density at radius 1 is 1.10 bits per heavy atom. The van der Waals surface area contributed by atoms with Gasteiger partial charge in [-0.2, -0.15) is 0 Å². The van der Waals surface area contributed by atoms with Gasteiger partial charge in [-0.25, -0.2) is 0 Å². The van der Waals surface area contributed by atoms with E-state index in [1.807, 2.05) is 20.8 Å². The molecule has 116 valence electrons. The summed E-state index contributed by atoms with van der Waals surface area (Å²) in [5, 5.41) is 2.93. The van der Waals surface area contributed by atoms with E-state index in [9.17, 15) is 9.59 Å². The van der Waals surface area contributed by atoms with Crippen molar-refractivity contribution in [1.82, 2.24) is 10.2 Å². The van der Waals surface area contributed by atoms with Gasteiger partial charge in [-0.15, -0.1) is 0 Å². The van der Waals surface area contributed by atoms with Gasteiger partial charge in [0, 0.05) is 6.54 Å². The molecule has 4 nitrogen and oxygen atoms in total. The molecule has 1 aliphatic heterocycles. The maximum Gasteiger partial charge on any atom is 0.245 e. The van der Waals surface area contributed by atoms with Gasteiger partial charge in [0.2, 0.25) is 11.8 Å². The van der Waals surface area contributed by atoms with Crippen molar-refractivity contribution in [2.45, 2.75) is 67.0 Å². The summed E-state index contributed by atoms with van der Waals surface area (Å²) in [5.74, 6) is 0.807. The summed E-state index contributed by atoms with van der Waals surface area (Å²) in [6.07, 6.45) is 0.704. The normalized spacial score (nSPS) is 24.6. The molecule has 0 aromatic carbocycles. The number of hydrogen-bond acceptors (Lipinski definition) is 2. The van der Waals surface area contributed by atoms with Crippen molar-refractivity contribution in [2.75, 3.05) is 6.54 Å². The number of piperazine rings is 1. The molecule has 0 aromatic rings. The molecule has 2 unspecified atom stereocenters. The minimum Gasteiger partial charge on any atom is -0.342 e. The molecule has 1 N–H and O–H groups in total. The van der Waals surface area contributed by atoms with Crippen molar-refractivity contribution in [2.24, 2.45) is 17.3 Å². The van der Waals surface area contributed by atoms with Crippen LogP contribution in [-0.4, -0.2) is 35.3 Å². The van der Waals surface area contributed by atoms with Crippen LogP contribution in [0.1, 0.15) is 54.9 Å². The number of rotatable bonds is 4. The molecule has 1 saturated heterocycles. The lowest BCUT2D eigenvalue weighted by Gasteiger charge is -2.45. The lowest BCUT2D eigenvalue weighted by Crippen LogP contribution is -2.67. The fourth-order valence-electron chi connectivity index (χ4n) is 2.86. The van der Waals surface area contributed by atoms with Crippen LogP contribution in [0.2, 0.25) is 0 Å². The molecule has 0 radical (unpaired) electrons. The fourth-order valence-corrected chi connectivity index (χ4v) is 2.86. The predicted molar refractivity (Wildman–Crippen MR) is 81.2 cm³/mol. The summed E-state index contributed by atoms with van der Waals surface area (Å²) in [6.45, 7) is 15.0. The van der Waals surface area contributed by atoms with E-state index in [-0.39, 0.29) is 29.3 Å². The Bertz CT molecular complexity index is 369. The zero-order valence-electron chi connectivity index (χ0n) is 14.0. The van der Waals surface area contributed by atoms with Gasteiger partial charge < -0.3 is 10.2 Å². The molecule has 2 atom stereocenters. The highest BCUT2D eigenvalue weighted by Crippen LogP contribution is 2.29. The molecule has 1 fully saturated rings.